The lowest BCUT2D eigenvalue weighted by atomic mass is 10.1. The topological polar surface area (TPSA) is 75.7 Å². The van der Waals surface area contributed by atoms with Crippen molar-refractivity contribution in [2.24, 2.45) is 0 Å². The van der Waals surface area contributed by atoms with E-state index in [2.05, 4.69) is 5.32 Å². The molecular formula is C23H24N2O4S. The lowest BCUT2D eigenvalue weighted by Crippen LogP contribution is -2.30. The minimum atomic E-state index is -3.47. The van der Waals surface area contributed by atoms with Crippen molar-refractivity contribution in [3.8, 4) is 5.75 Å². The summed E-state index contributed by atoms with van der Waals surface area (Å²) in [5.41, 5.74) is 0.522. The number of hydrogen-bond acceptors (Lipinski definition) is 4. The maximum Gasteiger partial charge on any atom is 0.265 e. The molecule has 7 heteroatoms. The molecule has 1 aliphatic heterocycles. The number of hydrogen-bond donors (Lipinski definition) is 1. The standard InChI is InChI=1S/C23H24N2O4S/c1-17(29-22-10-6-8-18-7-2-3-9-21(18)22)23(26)24-19-11-13-20(14-12-19)30(27,28)25-15-4-5-16-25/h2-3,6-14,17H,4-5,15-16H2,1H3,(H,24,26). The van der Waals surface area contributed by atoms with Crippen LogP contribution in [0.3, 0.4) is 0 Å². The van der Waals surface area contributed by atoms with Crippen molar-refractivity contribution in [3.05, 3.63) is 66.7 Å². The van der Waals surface area contributed by atoms with Gasteiger partial charge in [0.25, 0.3) is 5.91 Å². The third-order valence-corrected chi connectivity index (χ3v) is 7.16. The van der Waals surface area contributed by atoms with Gasteiger partial charge in [-0.3, -0.25) is 4.79 Å². The van der Waals surface area contributed by atoms with Crippen LogP contribution in [-0.2, 0) is 14.8 Å². The second-order valence-electron chi connectivity index (χ2n) is 7.36. The molecule has 0 bridgehead atoms. The number of sulfonamides is 1. The summed E-state index contributed by atoms with van der Waals surface area (Å²) in [6, 6.07) is 19.8. The van der Waals surface area contributed by atoms with Crippen LogP contribution in [0.15, 0.2) is 71.6 Å². The van der Waals surface area contributed by atoms with Crippen molar-refractivity contribution < 1.29 is 17.9 Å². The Morgan fingerprint density at radius 2 is 1.63 bits per heavy atom. The summed E-state index contributed by atoms with van der Waals surface area (Å²) in [4.78, 5) is 12.8. The van der Waals surface area contributed by atoms with Crippen molar-refractivity contribution in [1.82, 2.24) is 4.31 Å². The van der Waals surface area contributed by atoms with Gasteiger partial charge < -0.3 is 10.1 Å². The zero-order valence-electron chi connectivity index (χ0n) is 16.7. The first-order valence-electron chi connectivity index (χ1n) is 10.0. The van der Waals surface area contributed by atoms with Crippen molar-refractivity contribution >= 4 is 32.4 Å². The predicted molar refractivity (Wildman–Crippen MR) is 117 cm³/mol. The van der Waals surface area contributed by atoms with Gasteiger partial charge in [0.1, 0.15) is 5.75 Å². The van der Waals surface area contributed by atoms with Gasteiger partial charge >= 0.3 is 0 Å². The summed E-state index contributed by atoms with van der Waals surface area (Å²) in [6.07, 6.45) is 1.06. The number of nitrogens with zero attached hydrogens (tertiary/aromatic N) is 1. The molecule has 0 saturated carbocycles. The molecule has 156 valence electrons. The summed E-state index contributed by atoms with van der Waals surface area (Å²) in [5, 5.41) is 4.77. The molecule has 3 aromatic carbocycles. The average molecular weight is 425 g/mol. The predicted octanol–water partition coefficient (Wildman–Crippen LogP) is 4.03. The molecule has 0 radical (unpaired) electrons. The van der Waals surface area contributed by atoms with E-state index in [0.29, 0.717) is 24.5 Å². The van der Waals surface area contributed by atoms with E-state index in [0.717, 1.165) is 23.6 Å². The summed E-state index contributed by atoms with van der Waals surface area (Å²) in [5.74, 6) is 0.334. The van der Waals surface area contributed by atoms with Crippen molar-refractivity contribution in [3.63, 3.8) is 0 Å². The molecule has 0 aliphatic carbocycles. The number of nitrogens with one attached hydrogen (secondary N) is 1. The molecule has 3 aromatic rings. The molecule has 1 unspecified atom stereocenters. The number of anilines is 1. The lowest BCUT2D eigenvalue weighted by Gasteiger charge is -2.17. The van der Waals surface area contributed by atoms with Crippen LogP contribution in [0, 0.1) is 0 Å². The molecular weight excluding hydrogens is 400 g/mol. The summed E-state index contributed by atoms with van der Waals surface area (Å²) >= 11 is 0. The van der Waals surface area contributed by atoms with Gasteiger partial charge in [-0.15, -0.1) is 0 Å². The van der Waals surface area contributed by atoms with Gasteiger partial charge in [0.15, 0.2) is 6.10 Å². The Bertz CT molecular complexity index is 1150. The third kappa shape index (κ3) is 4.17. The first-order chi connectivity index (χ1) is 14.4. The molecule has 30 heavy (non-hydrogen) atoms. The second kappa shape index (κ2) is 8.45. The van der Waals surface area contributed by atoms with Gasteiger partial charge in [-0.25, -0.2) is 8.42 Å². The van der Waals surface area contributed by atoms with E-state index < -0.39 is 16.1 Å². The molecule has 1 amide bonds. The first kappa shape index (κ1) is 20.4. The van der Waals surface area contributed by atoms with Gasteiger partial charge in [-0.1, -0.05) is 36.4 Å². The van der Waals surface area contributed by atoms with E-state index in [1.54, 1.807) is 19.1 Å². The first-order valence-corrected chi connectivity index (χ1v) is 11.4. The number of carbonyl (C=O) groups excluding carboxylic acids is 1. The van der Waals surface area contributed by atoms with Gasteiger partial charge in [0.05, 0.1) is 4.90 Å². The number of carbonyl (C=O) groups is 1. The number of benzene rings is 3. The molecule has 1 saturated heterocycles. The Balaban J connectivity index is 1.43. The molecule has 6 nitrogen and oxygen atoms in total. The monoisotopic (exact) mass is 424 g/mol. The third-order valence-electron chi connectivity index (χ3n) is 5.25. The SMILES string of the molecule is CC(Oc1cccc2ccccc12)C(=O)Nc1ccc(S(=O)(=O)N2CCCC2)cc1. The van der Waals surface area contributed by atoms with Crippen LogP contribution < -0.4 is 10.1 Å². The van der Waals surface area contributed by atoms with E-state index in [-0.39, 0.29) is 10.8 Å². The van der Waals surface area contributed by atoms with Crippen molar-refractivity contribution in [2.45, 2.75) is 30.8 Å². The van der Waals surface area contributed by atoms with Crippen LogP contribution in [0.5, 0.6) is 5.75 Å². The molecule has 0 spiro atoms. The lowest BCUT2D eigenvalue weighted by molar-refractivity contribution is -0.122. The highest BCUT2D eigenvalue weighted by atomic mass is 32.2. The number of ether oxygens (including phenoxy) is 1. The van der Waals surface area contributed by atoms with Crippen LogP contribution >= 0.6 is 0 Å². The second-order valence-corrected chi connectivity index (χ2v) is 9.30. The van der Waals surface area contributed by atoms with Crippen molar-refractivity contribution in [2.75, 3.05) is 18.4 Å². The fourth-order valence-corrected chi connectivity index (χ4v) is 5.09. The van der Waals surface area contributed by atoms with Crippen LogP contribution in [0.25, 0.3) is 10.8 Å². The highest BCUT2D eigenvalue weighted by molar-refractivity contribution is 7.89. The highest BCUT2D eigenvalue weighted by Gasteiger charge is 2.27. The summed E-state index contributed by atoms with van der Waals surface area (Å²) in [6.45, 7) is 2.80. The van der Waals surface area contributed by atoms with Gasteiger partial charge in [0, 0.05) is 24.2 Å². The molecule has 1 aliphatic rings. The van der Waals surface area contributed by atoms with E-state index in [1.165, 1.54) is 16.4 Å². The van der Waals surface area contributed by atoms with Gasteiger partial charge in [-0.2, -0.15) is 4.31 Å². The van der Waals surface area contributed by atoms with E-state index in [1.807, 2.05) is 42.5 Å². The largest absolute Gasteiger partial charge is 0.480 e. The fraction of sp³-hybridized carbons (Fsp3) is 0.261. The van der Waals surface area contributed by atoms with E-state index >= 15 is 0 Å². The highest BCUT2D eigenvalue weighted by Crippen LogP contribution is 2.26. The summed E-state index contributed by atoms with van der Waals surface area (Å²) in [7, 11) is -3.47. The maximum atomic E-state index is 12.6. The molecule has 1 heterocycles. The smallest absolute Gasteiger partial charge is 0.265 e. The van der Waals surface area contributed by atoms with Crippen LogP contribution in [0.4, 0.5) is 5.69 Å². The zero-order chi connectivity index (χ0) is 21.1. The van der Waals surface area contributed by atoms with Crippen LogP contribution in [0.1, 0.15) is 19.8 Å². The van der Waals surface area contributed by atoms with E-state index in [4.69, 9.17) is 4.74 Å². The van der Waals surface area contributed by atoms with Gasteiger partial charge in [-0.05, 0) is 55.5 Å². The molecule has 4 rings (SSSR count). The quantitative estimate of drug-likeness (QED) is 0.648. The molecule has 1 fully saturated rings. The summed E-state index contributed by atoms with van der Waals surface area (Å²) < 4.78 is 32.6. The van der Waals surface area contributed by atoms with Crippen LogP contribution in [0.2, 0.25) is 0 Å². The van der Waals surface area contributed by atoms with Crippen molar-refractivity contribution in [1.29, 1.82) is 0 Å². The minimum Gasteiger partial charge on any atom is -0.480 e. The molecule has 1 atom stereocenters. The van der Waals surface area contributed by atoms with E-state index in [9.17, 15) is 13.2 Å². The Labute approximate surface area is 176 Å². The minimum absolute atomic E-state index is 0.238. The van der Waals surface area contributed by atoms with Crippen LogP contribution in [-0.4, -0.2) is 37.8 Å². The Hall–Kier alpha value is -2.90. The van der Waals surface area contributed by atoms with Gasteiger partial charge in [0.2, 0.25) is 10.0 Å². The molecule has 0 aromatic heterocycles. The molecule has 1 N–H and O–H groups in total. The number of fused-ring (bicyclic) bond motifs is 1. The number of amides is 1. The number of rotatable bonds is 6. The fourth-order valence-electron chi connectivity index (χ4n) is 3.57. The Kier molecular flexibility index (Phi) is 5.74. The normalized spacial score (nSPS) is 15.8. The maximum absolute atomic E-state index is 12.6. The Morgan fingerprint density at radius 1 is 0.967 bits per heavy atom. The Morgan fingerprint density at radius 3 is 2.37 bits per heavy atom. The zero-order valence-corrected chi connectivity index (χ0v) is 17.6. The average Bonchev–Trinajstić information content (AvgIpc) is 3.30.